The van der Waals surface area contributed by atoms with Crippen LogP contribution >= 0.6 is 0 Å². The third-order valence-corrected chi connectivity index (χ3v) is 3.38. The molecule has 0 fully saturated rings. The maximum absolute atomic E-state index is 8.88. The highest BCUT2D eigenvalue weighted by Crippen LogP contribution is 2.29. The molecule has 0 atom stereocenters. The van der Waals surface area contributed by atoms with Crippen LogP contribution in [0.4, 0.5) is 5.82 Å². The number of nitrogens with one attached hydrogen (secondary N) is 1. The summed E-state index contributed by atoms with van der Waals surface area (Å²) in [5.74, 6) is 0.447. The van der Waals surface area contributed by atoms with Gasteiger partial charge in [0.1, 0.15) is 11.9 Å². The summed E-state index contributed by atoms with van der Waals surface area (Å²) in [5, 5.41) is 8.88. The van der Waals surface area contributed by atoms with Crippen LogP contribution in [0.3, 0.4) is 0 Å². The van der Waals surface area contributed by atoms with E-state index in [1.807, 2.05) is 6.07 Å². The second kappa shape index (κ2) is 3.67. The minimum atomic E-state index is 0.447. The van der Waals surface area contributed by atoms with Gasteiger partial charge in [-0.2, -0.15) is 5.26 Å². The summed E-state index contributed by atoms with van der Waals surface area (Å²) in [4.78, 5) is 3.06. The average Bonchev–Trinajstić information content (AvgIpc) is 2.93. The van der Waals surface area contributed by atoms with E-state index >= 15 is 0 Å². The Balaban J connectivity index is 2.07. The highest BCUT2D eigenvalue weighted by Gasteiger charge is 2.13. The van der Waals surface area contributed by atoms with E-state index in [0.29, 0.717) is 11.4 Å². The monoisotopic (exact) mass is 223 g/mol. The molecule has 0 saturated carbocycles. The molecule has 1 aliphatic rings. The predicted molar refractivity (Wildman–Crippen MR) is 67.4 cm³/mol. The van der Waals surface area contributed by atoms with Gasteiger partial charge in [0.25, 0.3) is 0 Å². The molecule has 1 aromatic carbocycles. The summed E-state index contributed by atoms with van der Waals surface area (Å²) >= 11 is 0. The van der Waals surface area contributed by atoms with Gasteiger partial charge in [0.2, 0.25) is 0 Å². The third kappa shape index (κ3) is 1.58. The maximum Gasteiger partial charge on any atom is 0.119 e. The molecule has 0 bridgehead atoms. The molecule has 84 valence electrons. The molecule has 17 heavy (non-hydrogen) atoms. The van der Waals surface area contributed by atoms with Gasteiger partial charge in [0, 0.05) is 5.69 Å². The molecule has 3 N–H and O–H groups in total. The Kier molecular flexibility index (Phi) is 2.15. The molecule has 0 saturated heterocycles. The minimum Gasteiger partial charge on any atom is -0.384 e. The molecule has 1 aromatic heterocycles. The zero-order chi connectivity index (χ0) is 11.8. The van der Waals surface area contributed by atoms with E-state index in [4.69, 9.17) is 11.0 Å². The summed E-state index contributed by atoms with van der Waals surface area (Å²) in [6.45, 7) is 0. The van der Waals surface area contributed by atoms with Crippen molar-refractivity contribution in [3.05, 3.63) is 41.0 Å². The third-order valence-electron chi connectivity index (χ3n) is 3.38. The first-order valence-electron chi connectivity index (χ1n) is 5.78. The summed E-state index contributed by atoms with van der Waals surface area (Å²) < 4.78 is 0. The summed E-state index contributed by atoms with van der Waals surface area (Å²) in [6, 6.07) is 10.4. The molecular formula is C14H13N3. The van der Waals surface area contributed by atoms with Crippen molar-refractivity contribution in [1.29, 1.82) is 5.26 Å². The molecule has 0 amide bonds. The molecular weight excluding hydrogens is 210 g/mol. The molecule has 0 unspecified atom stereocenters. The van der Waals surface area contributed by atoms with Crippen LogP contribution in [0.5, 0.6) is 0 Å². The lowest BCUT2D eigenvalue weighted by Crippen LogP contribution is -1.87. The fourth-order valence-electron chi connectivity index (χ4n) is 2.46. The Morgan fingerprint density at radius 1 is 1.18 bits per heavy atom. The fraction of sp³-hybridized carbons (Fsp3) is 0.214. The first kappa shape index (κ1) is 9.98. The number of hydrogen-bond acceptors (Lipinski definition) is 2. The van der Waals surface area contributed by atoms with E-state index in [9.17, 15) is 0 Å². The molecule has 0 spiro atoms. The topological polar surface area (TPSA) is 65.6 Å². The predicted octanol–water partition coefficient (Wildman–Crippen LogP) is 2.62. The van der Waals surface area contributed by atoms with E-state index in [-0.39, 0.29) is 0 Å². The van der Waals surface area contributed by atoms with Crippen molar-refractivity contribution in [2.75, 3.05) is 5.73 Å². The van der Waals surface area contributed by atoms with Crippen LogP contribution in [0.25, 0.3) is 11.3 Å². The van der Waals surface area contributed by atoms with Gasteiger partial charge in [-0.1, -0.05) is 12.1 Å². The van der Waals surface area contributed by atoms with Crippen molar-refractivity contribution < 1.29 is 0 Å². The Morgan fingerprint density at radius 3 is 2.76 bits per heavy atom. The average molecular weight is 223 g/mol. The molecule has 3 rings (SSSR count). The standard InChI is InChI=1S/C14H13N3/c15-8-12-7-13(17-14(12)16)11-5-4-9-2-1-3-10(9)6-11/h4-7,17H,1-3,16H2. The maximum atomic E-state index is 8.88. The number of nitriles is 1. The summed E-state index contributed by atoms with van der Waals surface area (Å²) in [6.07, 6.45) is 3.59. The minimum absolute atomic E-state index is 0.447. The number of aromatic amines is 1. The quantitative estimate of drug-likeness (QED) is 0.780. The summed E-state index contributed by atoms with van der Waals surface area (Å²) in [7, 11) is 0. The lowest BCUT2D eigenvalue weighted by Gasteiger charge is -2.02. The van der Waals surface area contributed by atoms with E-state index < -0.39 is 0 Å². The molecule has 1 aliphatic carbocycles. The van der Waals surface area contributed by atoms with Crippen LogP contribution in [0.15, 0.2) is 24.3 Å². The van der Waals surface area contributed by atoms with Crippen molar-refractivity contribution in [3.63, 3.8) is 0 Å². The van der Waals surface area contributed by atoms with Gasteiger partial charge in [0.15, 0.2) is 0 Å². The highest BCUT2D eigenvalue weighted by atomic mass is 14.9. The largest absolute Gasteiger partial charge is 0.384 e. The lowest BCUT2D eigenvalue weighted by atomic mass is 10.0. The first-order chi connectivity index (χ1) is 8.28. The van der Waals surface area contributed by atoms with Crippen LogP contribution in [-0.4, -0.2) is 4.98 Å². The van der Waals surface area contributed by atoms with Gasteiger partial charge in [-0.25, -0.2) is 0 Å². The Bertz CT molecular complexity index is 617. The number of H-pyrrole nitrogens is 1. The number of fused-ring (bicyclic) bond motifs is 1. The summed E-state index contributed by atoms with van der Waals surface area (Å²) in [5.41, 5.74) is 11.2. The molecule has 0 radical (unpaired) electrons. The number of nitrogens with two attached hydrogens (primary N) is 1. The van der Waals surface area contributed by atoms with Crippen LogP contribution in [0.1, 0.15) is 23.1 Å². The highest BCUT2D eigenvalue weighted by molar-refractivity contribution is 5.68. The van der Waals surface area contributed by atoms with Crippen LogP contribution < -0.4 is 5.73 Å². The van der Waals surface area contributed by atoms with Gasteiger partial charge in [-0.3, -0.25) is 0 Å². The zero-order valence-corrected chi connectivity index (χ0v) is 9.46. The fourth-order valence-corrected chi connectivity index (χ4v) is 2.46. The molecule has 3 nitrogen and oxygen atoms in total. The second-order valence-corrected chi connectivity index (χ2v) is 4.46. The van der Waals surface area contributed by atoms with Gasteiger partial charge in [-0.05, 0) is 48.1 Å². The van der Waals surface area contributed by atoms with Crippen molar-refractivity contribution in [2.24, 2.45) is 0 Å². The van der Waals surface area contributed by atoms with Gasteiger partial charge in [-0.15, -0.1) is 0 Å². The van der Waals surface area contributed by atoms with Crippen LogP contribution in [0.2, 0.25) is 0 Å². The van der Waals surface area contributed by atoms with Crippen LogP contribution in [0, 0.1) is 11.3 Å². The van der Waals surface area contributed by atoms with Crippen LogP contribution in [-0.2, 0) is 12.8 Å². The number of rotatable bonds is 1. The van der Waals surface area contributed by atoms with Crippen molar-refractivity contribution in [1.82, 2.24) is 4.98 Å². The van der Waals surface area contributed by atoms with Crippen molar-refractivity contribution in [2.45, 2.75) is 19.3 Å². The van der Waals surface area contributed by atoms with Crippen molar-refractivity contribution >= 4 is 5.82 Å². The van der Waals surface area contributed by atoms with E-state index in [0.717, 1.165) is 17.7 Å². The lowest BCUT2D eigenvalue weighted by molar-refractivity contribution is 0.912. The van der Waals surface area contributed by atoms with Gasteiger partial charge < -0.3 is 10.7 Å². The van der Waals surface area contributed by atoms with E-state index in [1.165, 1.54) is 24.0 Å². The van der Waals surface area contributed by atoms with E-state index in [2.05, 4.69) is 29.3 Å². The number of anilines is 1. The number of aryl methyl sites for hydroxylation is 2. The van der Waals surface area contributed by atoms with Gasteiger partial charge in [0.05, 0.1) is 5.56 Å². The molecule has 3 heteroatoms. The normalized spacial score (nSPS) is 13.4. The molecule has 1 heterocycles. The Morgan fingerprint density at radius 2 is 2.00 bits per heavy atom. The zero-order valence-electron chi connectivity index (χ0n) is 9.46. The number of aromatic nitrogens is 1. The van der Waals surface area contributed by atoms with Gasteiger partial charge >= 0.3 is 0 Å². The smallest absolute Gasteiger partial charge is 0.119 e. The Labute approximate surface area is 99.9 Å². The number of nitrogen functional groups attached to an aromatic ring is 1. The van der Waals surface area contributed by atoms with E-state index in [1.54, 1.807) is 0 Å². The molecule has 2 aromatic rings. The Hall–Kier alpha value is -2.21. The first-order valence-corrected chi connectivity index (χ1v) is 5.78. The second-order valence-electron chi connectivity index (χ2n) is 4.46. The number of benzene rings is 1. The number of nitrogens with zero attached hydrogens (tertiary/aromatic N) is 1. The number of hydrogen-bond donors (Lipinski definition) is 2. The SMILES string of the molecule is N#Cc1cc(-c2ccc3c(c2)CCC3)[nH]c1N. The van der Waals surface area contributed by atoms with Crippen molar-refractivity contribution in [3.8, 4) is 17.3 Å². The molecule has 0 aliphatic heterocycles.